The smallest absolute Gasteiger partial charge is 0.130 e. The van der Waals surface area contributed by atoms with Crippen LogP contribution >= 0.6 is 0 Å². The fourth-order valence-corrected chi connectivity index (χ4v) is 1.98. The predicted molar refractivity (Wildman–Crippen MR) is 71.5 cm³/mol. The molecular formula is C15H12N2O. The largest absolute Gasteiger partial charge is 0.496 e. The summed E-state index contributed by atoms with van der Waals surface area (Å²) in [5.74, 6) is 0.840. The molecule has 1 aromatic carbocycles. The monoisotopic (exact) mass is 236 g/mol. The molecule has 0 bridgehead atoms. The average Bonchev–Trinajstić information content (AvgIpc) is 2.47. The fraction of sp³-hybridized carbons (Fsp3) is 0.0667. The van der Waals surface area contributed by atoms with Crippen molar-refractivity contribution in [3.63, 3.8) is 0 Å². The van der Waals surface area contributed by atoms with Gasteiger partial charge in [-0.15, -0.1) is 0 Å². The fourth-order valence-electron chi connectivity index (χ4n) is 1.98. The number of hydrogen-bond donors (Lipinski definition) is 0. The van der Waals surface area contributed by atoms with Crippen LogP contribution in [-0.4, -0.2) is 17.1 Å². The van der Waals surface area contributed by atoms with Crippen LogP contribution in [0, 0.1) is 0 Å². The van der Waals surface area contributed by atoms with Gasteiger partial charge in [-0.3, -0.25) is 4.98 Å². The van der Waals surface area contributed by atoms with Crippen molar-refractivity contribution in [3.05, 3.63) is 54.9 Å². The minimum Gasteiger partial charge on any atom is -0.496 e. The summed E-state index contributed by atoms with van der Waals surface area (Å²) in [6.07, 6.45) is 3.53. The standard InChI is InChI=1S/C15H12N2O/c1-18-15-10-14(11-6-8-16-9-7-11)17-13-5-3-2-4-12(13)15/h2-10H,1H3. The molecule has 18 heavy (non-hydrogen) atoms. The van der Waals surface area contributed by atoms with Gasteiger partial charge in [0.1, 0.15) is 5.75 Å². The molecule has 0 amide bonds. The van der Waals surface area contributed by atoms with Gasteiger partial charge in [0.2, 0.25) is 0 Å². The molecule has 2 heterocycles. The maximum absolute atomic E-state index is 5.43. The minimum absolute atomic E-state index is 0.840. The van der Waals surface area contributed by atoms with Gasteiger partial charge < -0.3 is 4.74 Å². The van der Waals surface area contributed by atoms with E-state index in [4.69, 9.17) is 4.74 Å². The lowest BCUT2D eigenvalue weighted by Gasteiger charge is -2.08. The molecule has 3 nitrogen and oxygen atoms in total. The summed E-state index contributed by atoms with van der Waals surface area (Å²) in [5.41, 5.74) is 2.87. The Morgan fingerprint density at radius 2 is 1.78 bits per heavy atom. The number of pyridine rings is 2. The maximum Gasteiger partial charge on any atom is 0.130 e. The van der Waals surface area contributed by atoms with Gasteiger partial charge in [0.05, 0.1) is 18.3 Å². The van der Waals surface area contributed by atoms with Crippen LogP contribution in [0.3, 0.4) is 0 Å². The van der Waals surface area contributed by atoms with Crippen LogP contribution in [0.1, 0.15) is 0 Å². The van der Waals surface area contributed by atoms with Crippen molar-refractivity contribution < 1.29 is 4.74 Å². The lowest BCUT2D eigenvalue weighted by atomic mass is 10.1. The third-order valence-corrected chi connectivity index (χ3v) is 2.87. The molecule has 0 aliphatic rings. The number of methoxy groups -OCH3 is 1. The van der Waals surface area contributed by atoms with Crippen molar-refractivity contribution in [3.8, 4) is 17.0 Å². The van der Waals surface area contributed by atoms with Gasteiger partial charge in [0.15, 0.2) is 0 Å². The molecule has 0 aliphatic heterocycles. The van der Waals surface area contributed by atoms with E-state index in [0.717, 1.165) is 27.9 Å². The van der Waals surface area contributed by atoms with Gasteiger partial charge in [-0.25, -0.2) is 4.98 Å². The van der Waals surface area contributed by atoms with Crippen molar-refractivity contribution in [2.24, 2.45) is 0 Å². The van der Waals surface area contributed by atoms with Crippen LogP contribution in [-0.2, 0) is 0 Å². The number of benzene rings is 1. The second kappa shape index (κ2) is 4.45. The quantitative estimate of drug-likeness (QED) is 0.684. The summed E-state index contributed by atoms with van der Waals surface area (Å²) in [6, 6.07) is 13.8. The van der Waals surface area contributed by atoms with Gasteiger partial charge in [0, 0.05) is 29.4 Å². The molecule has 0 aliphatic carbocycles. The molecule has 0 fully saturated rings. The zero-order valence-electron chi connectivity index (χ0n) is 10.00. The summed E-state index contributed by atoms with van der Waals surface area (Å²) in [4.78, 5) is 8.66. The molecule has 3 rings (SSSR count). The van der Waals surface area contributed by atoms with E-state index in [9.17, 15) is 0 Å². The first-order valence-electron chi connectivity index (χ1n) is 5.72. The van der Waals surface area contributed by atoms with E-state index in [0.29, 0.717) is 0 Å². The Bertz CT molecular complexity index is 680. The molecule has 0 N–H and O–H groups in total. The SMILES string of the molecule is COc1cc(-c2ccncc2)nc2ccccc12. The van der Waals surface area contributed by atoms with Crippen molar-refractivity contribution in [2.45, 2.75) is 0 Å². The van der Waals surface area contributed by atoms with Crippen LogP contribution < -0.4 is 4.74 Å². The van der Waals surface area contributed by atoms with Crippen molar-refractivity contribution in [1.82, 2.24) is 9.97 Å². The van der Waals surface area contributed by atoms with Gasteiger partial charge in [-0.2, -0.15) is 0 Å². The summed E-state index contributed by atoms with van der Waals surface area (Å²) in [7, 11) is 1.68. The van der Waals surface area contributed by atoms with Crippen molar-refractivity contribution in [1.29, 1.82) is 0 Å². The molecule has 2 aromatic heterocycles. The number of ether oxygens (including phenoxy) is 1. The van der Waals surface area contributed by atoms with E-state index in [1.54, 1.807) is 19.5 Å². The first-order valence-corrected chi connectivity index (χ1v) is 5.72. The molecule has 0 saturated carbocycles. The number of aromatic nitrogens is 2. The van der Waals surface area contributed by atoms with E-state index >= 15 is 0 Å². The van der Waals surface area contributed by atoms with E-state index in [1.165, 1.54) is 0 Å². The first-order chi connectivity index (χ1) is 8.88. The van der Waals surface area contributed by atoms with E-state index in [2.05, 4.69) is 9.97 Å². The van der Waals surface area contributed by atoms with Gasteiger partial charge >= 0.3 is 0 Å². The molecule has 0 saturated heterocycles. The summed E-state index contributed by atoms with van der Waals surface area (Å²) >= 11 is 0. The van der Waals surface area contributed by atoms with Crippen molar-refractivity contribution in [2.75, 3.05) is 7.11 Å². The zero-order valence-corrected chi connectivity index (χ0v) is 10.00. The number of fused-ring (bicyclic) bond motifs is 1. The summed E-state index contributed by atoms with van der Waals surface area (Å²) < 4.78 is 5.43. The second-order valence-electron chi connectivity index (χ2n) is 3.96. The van der Waals surface area contributed by atoms with Crippen LogP contribution in [0.4, 0.5) is 0 Å². The van der Waals surface area contributed by atoms with Gasteiger partial charge in [-0.1, -0.05) is 12.1 Å². The highest BCUT2D eigenvalue weighted by atomic mass is 16.5. The number of para-hydroxylation sites is 1. The average molecular weight is 236 g/mol. The Hall–Kier alpha value is -2.42. The van der Waals surface area contributed by atoms with Crippen LogP contribution in [0.25, 0.3) is 22.2 Å². The predicted octanol–water partition coefficient (Wildman–Crippen LogP) is 3.31. The normalized spacial score (nSPS) is 10.5. The molecule has 0 atom stereocenters. The van der Waals surface area contributed by atoms with Gasteiger partial charge in [0.25, 0.3) is 0 Å². The Labute approximate surface area is 105 Å². The first kappa shape index (κ1) is 10.7. The molecule has 0 spiro atoms. The molecular weight excluding hydrogens is 224 g/mol. The molecule has 0 unspecified atom stereocenters. The maximum atomic E-state index is 5.43. The topological polar surface area (TPSA) is 35.0 Å². The molecule has 88 valence electrons. The lowest BCUT2D eigenvalue weighted by Crippen LogP contribution is -1.91. The van der Waals surface area contributed by atoms with E-state index < -0.39 is 0 Å². The number of rotatable bonds is 2. The highest BCUT2D eigenvalue weighted by molar-refractivity contribution is 5.87. The zero-order chi connectivity index (χ0) is 12.4. The molecule has 0 radical (unpaired) electrons. The lowest BCUT2D eigenvalue weighted by molar-refractivity contribution is 0.419. The summed E-state index contributed by atoms with van der Waals surface area (Å²) in [5, 5.41) is 1.03. The second-order valence-corrected chi connectivity index (χ2v) is 3.96. The Balaban J connectivity index is 2.26. The summed E-state index contributed by atoms with van der Waals surface area (Å²) in [6.45, 7) is 0. The highest BCUT2D eigenvalue weighted by Crippen LogP contribution is 2.29. The number of nitrogens with zero attached hydrogens (tertiary/aromatic N) is 2. The van der Waals surface area contributed by atoms with Crippen LogP contribution in [0.5, 0.6) is 5.75 Å². The minimum atomic E-state index is 0.840. The van der Waals surface area contributed by atoms with Gasteiger partial charge in [-0.05, 0) is 24.3 Å². The molecule has 3 aromatic rings. The Morgan fingerprint density at radius 1 is 1.00 bits per heavy atom. The number of hydrogen-bond acceptors (Lipinski definition) is 3. The van der Waals surface area contributed by atoms with Crippen LogP contribution in [0.2, 0.25) is 0 Å². The Morgan fingerprint density at radius 3 is 2.56 bits per heavy atom. The van der Waals surface area contributed by atoms with Crippen molar-refractivity contribution >= 4 is 10.9 Å². The van der Waals surface area contributed by atoms with E-state index in [-0.39, 0.29) is 0 Å². The third kappa shape index (κ3) is 1.80. The molecule has 3 heteroatoms. The van der Waals surface area contributed by atoms with Crippen LogP contribution in [0.15, 0.2) is 54.9 Å². The highest BCUT2D eigenvalue weighted by Gasteiger charge is 2.06. The van der Waals surface area contributed by atoms with E-state index in [1.807, 2.05) is 42.5 Å². The Kier molecular flexibility index (Phi) is 2.65. The third-order valence-electron chi connectivity index (χ3n) is 2.87.